The predicted molar refractivity (Wildman–Crippen MR) is 63.1 cm³/mol. The van der Waals surface area contributed by atoms with Crippen molar-refractivity contribution in [2.24, 2.45) is 0 Å². The molecule has 0 radical (unpaired) electrons. The molecule has 1 amide bonds. The Bertz CT molecular complexity index is 410. The van der Waals surface area contributed by atoms with Gasteiger partial charge in [-0.15, -0.1) is 6.42 Å². The van der Waals surface area contributed by atoms with Gasteiger partial charge in [0.25, 0.3) is 0 Å². The lowest BCUT2D eigenvalue weighted by Gasteiger charge is -2.07. The van der Waals surface area contributed by atoms with Gasteiger partial charge in [0.15, 0.2) is 0 Å². The number of terminal acetylenes is 1. The van der Waals surface area contributed by atoms with Gasteiger partial charge < -0.3 is 10.6 Å². The van der Waals surface area contributed by atoms with E-state index in [1.54, 1.807) is 18.2 Å². The maximum Gasteiger partial charge on any atom is 0.221 e. The van der Waals surface area contributed by atoms with Crippen LogP contribution < -0.4 is 10.6 Å². The van der Waals surface area contributed by atoms with Crippen molar-refractivity contribution in [2.45, 2.75) is 6.92 Å². The fourth-order valence-electron chi connectivity index (χ4n) is 1.07. The largest absolute Gasteiger partial charge is 0.374 e. The zero-order chi connectivity index (χ0) is 11.3. The van der Waals surface area contributed by atoms with Crippen LogP contribution in [0.25, 0.3) is 0 Å². The normalized spacial score (nSPS) is 9.13. The molecule has 2 N–H and O–H groups in total. The van der Waals surface area contributed by atoms with E-state index >= 15 is 0 Å². The first kappa shape index (κ1) is 11.4. The molecule has 0 saturated carbocycles. The summed E-state index contributed by atoms with van der Waals surface area (Å²) in [6.45, 7) is 1.87. The molecular formula is C11H11ClN2O. The second-order valence-corrected chi connectivity index (χ2v) is 3.34. The monoisotopic (exact) mass is 222 g/mol. The first-order chi connectivity index (χ1) is 7.13. The summed E-state index contributed by atoms with van der Waals surface area (Å²) in [4.78, 5) is 10.8. The summed E-state index contributed by atoms with van der Waals surface area (Å²) in [6.07, 6.45) is 5.11. The van der Waals surface area contributed by atoms with Crippen LogP contribution in [0, 0.1) is 12.3 Å². The number of anilines is 2. The molecule has 0 aliphatic carbocycles. The number of hydrogen-bond acceptors (Lipinski definition) is 2. The summed E-state index contributed by atoms with van der Waals surface area (Å²) in [6, 6.07) is 5.24. The van der Waals surface area contributed by atoms with Crippen LogP contribution in [0.2, 0.25) is 5.02 Å². The Balaban J connectivity index is 2.79. The van der Waals surface area contributed by atoms with Gasteiger partial charge in [-0.05, 0) is 18.2 Å². The lowest BCUT2D eigenvalue weighted by Crippen LogP contribution is -2.06. The zero-order valence-electron chi connectivity index (χ0n) is 8.30. The first-order valence-corrected chi connectivity index (χ1v) is 4.75. The number of amides is 1. The molecule has 15 heavy (non-hydrogen) atoms. The predicted octanol–water partition coefficient (Wildman–Crippen LogP) is 2.34. The van der Waals surface area contributed by atoms with Gasteiger partial charge in [-0.2, -0.15) is 0 Å². The fraction of sp³-hybridized carbons (Fsp3) is 0.182. The SMILES string of the molecule is C#CCNc1ccc(NC(C)=O)c(Cl)c1. The molecule has 0 fully saturated rings. The zero-order valence-corrected chi connectivity index (χ0v) is 9.06. The minimum absolute atomic E-state index is 0.152. The maximum absolute atomic E-state index is 10.8. The highest BCUT2D eigenvalue weighted by Crippen LogP contribution is 2.25. The molecule has 3 nitrogen and oxygen atoms in total. The fourth-order valence-corrected chi connectivity index (χ4v) is 1.30. The van der Waals surface area contributed by atoms with E-state index in [2.05, 4.69) is 16.6 Å². The summed E-state index contributed by atoms with van der Waals surface area (Å²) in [7, 11) is 0. The Morgan fingerprint density at radius 2 is 2.33 bits per heavy atom. The number of carbonyl (C=O) groups is 1. The molecule has 0 unspecified atom stereocenters. The Kier molecular flexibility index (Phi) is 4.02. The van der Waals surface area contributed by atoms with Gasteiger partial charge in [0.05, 0.1) is 17.3 Å². The Labute approximate surface area is 93.8 Å². The van der Waals surface area contributed by atoms with Gasteiger partial charge in [-0.25, -0.2) is 0 Å². The smallest absolute Gasteiger partial charge is 0.221 e. The average Bonchev–Trinajstić information content (AvgIpc) is 2.18. The summed E-state index contributed by atoms with van der Waals surface area (Å²) < 4.78 is 0. The van der Waals surface area contributed by atoms with Crippen molar-refractivity contribution >= 4 is 28.9 Å². The van der Waals surface area contributed by atoms with Crippen LogP contribution in [0.15, 0.2) is 18.2 Å². The van der Waals surface area contributed by atoms with Gasteiger partial charge in [-0.1, -0.05) is 17.5 Å². The first-order valence-electron chi connectivity index (χ1n) is 4.38. The number of nitrogens with one attached hydrogen (secondary N) is 2. The molecule has 0 aromatic heterocycles. The van der Waals surface area contributed by atoms with E-state index in [9.17, 15) is 4.79 Å². The molecule has 1 rings (SSSR count). The number of carbonyl (C=O) groups excluding carboxylic acids is 1. The van der Waals surface area contributed by atoms with Crippen LogP contribution in [0.4, 0.5) is 11.4 Å². The highest BCUT2D eigenvalue weighted by molar-refractivity contribution is 6.34. The van der Waals surface area contributed by atoms with Crippen molar-refractivity contribution in [2.75, 3.05) is 17.2 Å². The third-order valence-corrected chi connectivity index (χ3v) is 1.99. The van der Waals surface area contributed by atoms with E-state index in [0.29, 0.717) is 17.3 Å². The van der Waals surface area contributed by atoms with Crippen molar-refractivity contribution < 1.29 is 4.79 Å². The highest BCUT2D eigenvalue weighted by atomic mass is 35.5. The minimum Gasteiger partial charge on any atom is -0.374 e. The number of hydrogen-bond donors (Lipinski definition) is 2. The van der Waals surface area contributed by atoms with Crippen molar-refractivity contribution in [1.82, 2.24) is 0 Å². The van der Waals surface area contributed by atoms with Crippen LogP contribution in [0.1, 0.15) is 6.92 Å². The topological polar surface area (TPSA) is 41.1 Å². The maximum atomic E-state index is 10.8. The molecule has 0 atom stereocenters. The standard InChI is InChI=1S/C11H11ClN2O/c1-3-6-13-9-4-5-11(10(12)7-9)14-8(2)15/h1,4-5,7,13H,6H2,2H3,(H,14,15). The molecule has 4 heteroatoms. The van der Waals surface area contributed by atoms with Gasteiger partial charge in [0, 0.05) is 12.6 Å². The lowest BCUT2D eigenvalue weighted by atomic mass is 10.2. The molecule has 0 heterocycles. The molecule has 0 bridgehead atoms. The van der Waals surface area contributed by atoms with Crippen molar-refractivity contribution in [3.63, 3.8) is 0 Å². The van der Waals surface area contributed by atoms with Crippen LogP contribution in [-0.2, 0) is 4.79 Å². The summed E-state index contributed by atoms with van der Waals surface area (Å²) >= 11 is 5.95. The minimum atomic E-state index is -0.152. The third-order valence-electron chi connectivity index (χ3n) is 1.67. The van der Waals surface area contributed by atoms with E-state index in [4.69, 9.17) is 18.0 Å². The molecule has 1 aromatic carbocycles. The van der Waals surface area contributed by atoms with Gasteiger partial charge >= 0.3 is 0 Å². The van der Waals surface area contributed by atoms with Crippen LogP contribution in [0.5, 0.6) is 0 Å². The van der Waals surface area contributed by atoms with Crippen molar-refractivity contribution in [1.29, 1.82) is 0 Å². The quantitative estimate of drug-likeness (QED) is 0.771. The van der Waals surface area contributed by atoms with E-state index in [1.165, 1.54) is 6.92 Å². The van der Waals surface area contributed by atoms with E-state index in [0.717, 1.165) is 5.69 Å². The highest BCUT2D eigenvalue weighted by Gasteiger charge is 2.02. The summed E-state index contributed by atoms with van der Waals surface area (Å²) in [5, 5.41) is 6.08. The molecule has 0 spiro atoms. The Morgan fingerprint density at radius 3 is 2.87 bits per heavy atom. The van der Waals surface area contributed by atoms with Crippen LogP contribution >= 0.6 is 11.6 Å². The summed E-state index contributed by atoms with van der Waals surface area (Å²) in [5.41, 5.74) is 1.42. The van der Waals surface area contributed by atoms with E-state index in [1.807, 2.05) is 0 Å². The molecule has 0 saturated heterocycles. The number of halogens is 1. The Hall–Kier alpha value is -1.66. The molecule has 78 valence electrons. The van der Waals surface area contributed by atoms with Crippen molar-refractivity contribution in [3.8, 4) is 12.3 Å². The Morgan fingerprint density at radius 1 is 1.60 bits per heavy atom. The van der Waals surface area contributed by atoms with Gasteiger partial charge in [0.1, 0.15) is 0 Å². The van der Waals surface area contributed by atoms with E-state index < -0.39 is 0 Å². The molecular weight excluding hydrogens is 212 g/mol. The molecule has 0 aliphatic rings. The van der Waals surface area contributed by atoms with Crippen LogP contribution in [-0.4, -0.2) is 12.5 Å². The van der Waals surface area contributed by atoms with Gasteiger partial charge in [0.2, 0.25) is 5.91 Å². The molecule has 1 aromatic rings. The number of benzene rings is 1. The van der Waals surface area contributed by atoms with Gasteiger partial charge in [-0.3, -0.25) is 4.79 Å². The number of rotatable bonds is 3. The van der Waals surface area contributed by atoms with Crippen molar-refractivity contribution in [3.05, 3.63) is 23.2 Å². The van der Waals surface area contributed by atoms with Crippen LogP contribution in [0.3, 0.4) is 0 Å². The average molecular weight is 223 g/mol. The van der Waals surface area contributed by atoms with E-state index in [-0.39, 0.29) is 5.91 Å². The molecule has 0 aliphatic heterocycles. The second kappa shape index (κ2) is 5.28. The summed E-state index contributed by atoms with van der Waals surface area (Å²) in [5.74, 6) is 2.31. The second-order valence-electron chi connectivity index (χ2n) is 2.93. The lowest BCUT2D eigenvalue weighted by molar-refractivity contribution is -0.114. The third kappa shape index (κ3) is 3.53.